The summed E-state index contributed by atoms with van der Waals surface area (Å²) in [5, 5.41) is 0.251. The van der Waals surface area contributed by atoms with E-state index in [9.17, 15) is 14.4 Å². The molecule has 0 bridgehead atoms. The van der Waals surface area contributed by atoms with Crippen LogP contribution in [-0.2, 0) is 4.79 Å². The van der Waals surface area contributed by atoms with E-state index in [1.807, 2.05) is 0 Å². The lowest BCUT2D eigenvalue weighted by molar-refractivity contribution is -0.111. The zero-order valence-electron chi connectivity index (χ0n) is 11.1. The molecule has 3 nitrogen and oxygen atoms in total. The molecule has 0 atom stereocenters. The molecule has 0 aliphatic rings. The molecule has 0 aliphatic carbocycles. The van der Waals surface area contributed by atoms with Crippen LogP contribution < -0.4 is 0 Å². The van der Waals surface area contributed by atoms with E-state index < -0.39 is 8.56 Å². The van der Waals surface area contributed by atoms with E-state index in [2.05, 4.69) is 6.92 Å². The van der Waals surface area contributed by atoms with Crippen molar-refractivity contribution in [2.24, 2.45) is 0 Å². The molecule has 0 amide bonds. The fourth-order valence-corrected chi connectivity index (χ4v) is 3.45. The van der Waals surface area contributed by atoms with Crippen molar-refractivity contribution in [3.05, 3.63) is 0 Å². The average molecular weight is 278 g/mol. The lowest BCUT2D eigenvalue weighted by Gasteiger charge is -2.10. The first-order valence-electron chi connectivity index (χ1n) is 6.56. The zero-order chi connectivity index (χ0) is 13.1. The predicted molar refractivity (Wildman–Crippen MR) is 76.3 cm³/mol. The Hall–Kier alpha value is 0.157. The number of carbonyl (C=O) groups excluding carboxylic acids is 1. The highest BCUT2D eigenvalue weighted by atomic mass is 32.2. The molecule has 0 aromatic rings. The maximum absolute atomic E-state index is 11.4. The Morgan fingerprint density at radius 3 is 2.35 bits per heavy atom. The van der Waals surface area contributed by atoms with Gasteiger partial charge < -0.3 is 9.59 Å². The van der Waals surface area contributed by atoms with E-state index in [0.29, 0.717) is 12.5 Å². The highest BCUT2D eigenvalue weighted by molar-refractivity contribution is 8.13. The van der Waals surface area contributed by atoms with Crippen molar-refractivity contribution in [2.45, 2.75) is 64.5 Å². The van der Waals surface area contributed by atoms with Crippen molar-refractivity contribution in [1.29, 1.82) is 0 Å². The molecule has 0 aromatic heterocycles. The van der Waals surface area contributed by atoms with Crippen LogP contribution in [0.5, 0.6) is 0 Å². The van der Waals surface area contributed by atoms with Crippen LogP contribution in [0.15, 0.2) is 0 Å². The van der Waals surface area contributed by atoms with Crippen LogP contribution in [0.1, 0.15) is 51.9 Å². The largest absolute Gasteiger partial charge is 0.411 e. The van der Waals surface area contributed by atoms with E-state index in [-0.39, 0.29) is 5.12 Å². The van der Waals surface area contributed by atoms with Gasteiger partial charge >= 0.3 is 8.56 Å². The Bertz CT molecular complexity index is 204. The first kappa shape index (κ1) is 17.2. The number of thioether (sulfide) groups is 1. The van der Waals surface area contributed by atoms with Crippen LogP contribution in [0.4, 0.5) is 0 Å². The first-order chi connectivity index (χ1) is 7.95. The fourth-order valence-electron chi connectivity index (χ4n) is 1.54. The smallest absolute Gasteiger partial charge is 0.329 e. The summed E-state index contributed by atoms with van der Waals surface area (Å²) in [5.74, 6) is 0.720. The van der Waals surface area contributed by atoms with Crippen molar-refractivity contribution in [1.82, 2.24) is 0 Å². The first-order valence-corrected chi connectivity index (χ1v) is 10.1. The molecule has 0 fully saturated rings. The van der Waals surface area contributed by atoms with Crippen molar-refractivity contribution in [2.75, 3.05) is 5.75 Å². The topological polar surface area (TPSA) is 57.5 Å². The van der Waals surface area contributed by atoms with E-state index in [1.54, 1.807) is 0 Å². The van der Waals surface area contributed by atoms with Crippen molar-refractivity contribution < 1.29 is 14.4 Å². The molecule has 0 aliphatic heterocycles. The van der Waals surface area contributed by atoms with Gasteiger partial charge in [0, 0.05) is 12.2 Å². The number of rotatable bonds is 10. The molecule has 0 aromatic carbocycles. The van der Waals surface area contributed by atoms with Gasteiger partial charge in [-0.3, -0.25) is 4.79 Å². The molecular weight excluding hydrogens is 252 g/mol. The van der Waals surface area contributed by atoms with Gasteiger partial charge in [-0.25, -0.2) is 0 Å². The second kappa shape index (κ2) is 10.1. The number of hydrogen-bond acceptors (Lipinski definition) is 4. The lowest BCUT2D eigenvalue weighted by atomic mass is 10.1. The average Bonchev–Trinajstić information content (AvgIpc) is 2.23. The second-order valence-corrected chi connectivity index (χ2v) is 8.79. The monoisotopic (exact) mass is 278 g/mol. The second-order valence-electron chi connectivity index (χ2n) is 4.71. The van der Waals surface area contributed by atoms with Crippen LogP contribution in [0.2, 0.25) is 12.6 Å². The van der Waals surface area contributed by atoms with Gasteiger partial charge in [-0.1, -0.05) is 44.4 Å². The third kappa shape index (κ3) is 14.1. The van der Waals surface area contributed by atoms with Crippen molar-refractivity contribution in [3.63, 3.8) is 0 Å². The summed E-state index contributed by atoms with van der Waals surface area (Å²) in [7, 11) is -2.89. The molecule has 0 saturated carbocycles. The molecule has 17 heavy (non-hydrogen) atoms. The molecule has 0 saturated heterocycles. The van der Waals surface area contributed by atoms with E-state index in [4.69, 9.17) is 0 Å². The minimum atomic E-state index is -2.89. The summed E-state index contributed by atoms with van der Waals surface area (Å²) in [6.45, 7) is 3.69. The van der Waals surface area contributed by atoms with Gasteiger partial charge in [-0.05, 0) is 25.4 Å². The van der Waals surface area contributed by atoms with Crippen LogP contribution in [-0.4, -0.2) is 29.0 Å². The van der Waals surface area contributed by atoms with Crippen LogP contribution in [0.3, 0.4) is 0 Å². The molecule has 2 N–H and O–H groups in total. The summed E-state index contributed by atoms with van der Waals surface area (Å²) < 4.78 is 0. The Balaban J connectivity index is 3.29. The normalized spacial score (nSPS) is 11.8. The van der Waals surface area contributed by atoms with Crippen LogP contribution in [0, 0.1) is 0 Å². The summed E-state index contributed by atoms with van der Waals surface area (Å²) in [6, 6.07) is 0.462. The fraction of sp³-hybridized carbons (Fsp3) is 0.917. The number of carbonyl (C=O) groups is 1. The highest BCUT2D eigenvalue weighted by Gasteiger charge is 2.20. The maximum atomic E-state index is 11.4. The van der Waals surface area contributed by atoms with Crippen molar-refractivity contribution >= 4 is 25.4 Å². The summed E-state index contributed by atoms with van der Waals surface area (Å²) >= 11 is 1.34. The van der Waals surface area contributed by atoms with E-state index in [0.717, 1.165) is 25.0 Å². The van der Waals surface area contributed by atoms with Gasteiger partial charge in [0.15, 0.2) is 5.12 Å². The number of unbranched alkanes of at least 4 members (excludes halogenated alkanes) is 4. The number of hydrogen-bond donors (Lipinski definition) is 2. The van der Waals surface area contributed by atoms with E-state index in [1.165, 1.54) is 37.6 Å². The van der Waals surface area contributed by atoms with Gasteiger partial charge in [-0.2, -0.15) is 0 Å². The molecule has 102 valence electrons. The quantitative estimate of drug-likeness (QED) is 0.476. The molecule has 0 rings (SSSR count). The van der Waals surface area contributed by atoms with Crippen LogP contribution >= 0.6 is 11.8 Å². The highest BCUT2D eigenvalue weighted by Crippen LogP contribution is 2.15. The minimum Gasteiger partial charge on any atom is -0.411 e. The summed E-state index contributed by atoms with van der Waals surface area (Å²) in [5.41, 5.74) is 0. The summed E-state index contributed by atoms with van der Waals surface area (Å²) in [4.78, 5) is 29.9. The van der Waals surface area contributed by atoms with Crippen LogP contribution in [0.25, 0.3) is 0 Å². The molecular formula is C12H26O3SSi. The zero-order valence-corrected chi connectivity index (χ0v) is 12.9. The Labute approximate surface area is 110 Å². The molecule has 0 spiro atoms. The minimum absolute atomic E-state index is 0.251. The Morgan fingerprint density at radius 1 is 1.12 bits per heavy atom. The molecule has 0 heterocycles. The van der Waals surface area contributed by atoms with Gasteiger partial charge in [-0.15, -0.1) is 0 Å². The van der Waals surface area contributed by atoms with Crippen molar-refractivity contribution in [3.8, 4) is 0 Å². The lowest BCUT2D eigenvalue weighted by Crippen LogP contribution is -2.29. The third-order valence-electron chi connectivity index (χ3n) is 2.54. The van der Waals surface area contributed by atoms with Gasteiger partial charge in [0.25, 0.3) is 0 Å². The van der Waals surface area contributed by atoms with E-state index >= 15 is 0 Å². The Morgan fingerprint density at radius 2 is 1.76 bits per heavy atom. The molecule has 0 radical (unpaired) electrons. The SMILES string of the molecule is CCCCCCCC(=O)SCCC[Si](C)(O)O. The predicted octanol–water partition coefficient (Wildman–Crippen LogP) is 3.05. The third-order valence-corrected chi connectivity index (χ3v) is 4.86. The maximum Gasteiger partial charge on any atom is 0.329 e. The van der Waals surface area contributed by atoms with Gasteiger partial charge in [0.05, 0.1) is 0 Å². The van der Waals surface area contributed by atoms with Gasteiger partial charge in [0.2, 0.25) is 0 Å². The van der Waals surface area contributed by atoms with Gasteiger partial charge in [0.1, 0.15) is 0 Å². The Kier molecular flexibility index (Phi) is 10.2. The standard InChI is InChI=1S/C12H26O3SSi/c1-3-4-5-6-7-9-12(13)16-10-8-11-17(2,14)15/h14-15H,3-11H2,1-2H3. The molecule has 0 unspecified atom stereocenters. The summed E-state index contributed by atoms with van der Waals surface area (Å²) in [6.07, 6.45) is 7.26. The molecule has 5 heteroatoms.